The minimum Gasteiger partial charge on any atom is -0.490 e. The average molecular weight is 359 g/mol. The molecular formula is C23H18FNO2. The summed E-state index contributed by atoms with van der Waals surface area (Å²) in [5.41, 5.74) is 2.39. The first-order valence-corrected chi connectivity index (χ1v) is 8.55. The minimum absolute atomic E-state index is 0.0975. The molecule has 0 aliphatic rings. The molecule has 0 radical (unpaired) electrons. The van der Waals surface area contributed by atoms with Crippen molar-refractivity contribution in [2.45, 2.75) is 6.42 Å². The van der Waals surface area contributed by atoms with Crippen LogP contribution in [0.15, 0.2) is 78.9 Å². The summed E-state index contributed by atoms with van der Waals surface area (Å²) in [4.78, 5) is 12.1. The maximum Gasteiger partial charge on any atom is 0.227 e. The predicted molar refractivity (Wildman–Crippen MR) is 104 cm³/mol. The van der Waals surface area contributed by atoms with Gasteiger partial charge < -0.3 is 10.1 Å². The number of rotatable bonds is 5. The fraction of sp³-hybridized carbons (Fsp3) is 0.0870. The maximum atomic E-state index is 13.5. The lowest BCUT2D eigenvalue weighted by molar-refractivity contribution is -0.116. The largest absolute Gasteiger partial charge is 0.490 e. The first kappa shape index (κ1) is 18.2. The molecule has 1 amide bonds. The van der Waals surface area contributed by atoms with Gasteiger partial charge in [-0.25, -0.2) is 4.39 Å². The van der Waals surface area contributed by atoms with E-state index in [4.69, 9.17) is 4.74 Å². The molecule has 0 heterocycles. The number of ether oxygens (including phenoxy) is 1. The fourth-order valence-electron chi connectivity index (χ4n) is 2.38. The maximum absolute atomic E-state index is 13.5. The van der Waals surface area contributed by atoms with Crippen molar-refractivity contribution in [3.05, 3.63) is 95.8 Å². The predicted octanol–water partition coefficient (Wildman–Crippen LogP) is 4.63. The molecule has 0 aliphatic heterocycles. The second kappa shape index (κ2) is 9.21. The molecule has 0 saturated heterocycles. The molecule has 0 spiro atoms. The number of carbonyl (C=O) groups excluding carboxylic acids is 1. The molecule has 134 valence electrons. The van der Waals surface area contributed by atoms with Crippen LogP contribution in [0.25, 0.3) is 0 Å². The summed E-state index contributed by atoms with van der Waals surface area (Å²) in [5, 5.41) is 2.80. The summed E-state index contributed by atoms with van der Waals surface area (Å²) >= 11 is 0. The zero-order valence-corrected chi connectivity index (χ0v) is 14.6. The van der Waals surface area contributed by atoms with E-state index in [1.165, 1.54) is 12.1 Å². The van der Waals surface area contributed by atoms with Crippen molar-refractivity contribution in [2.75, 3.05) is 11.9 Å². The molecule has 0 saturated carbocycles. The molecule has 0 unspecified atom stereocenters. The number of nitrogens with one attached hydrogen (secondary N) is 1. The molecule has 0 bridgehead atoms. The van der Waals surface area contributed by atoms with E-state index in [-0.39, 0.29) is 24.7 Å². The van der Waals surface area contributed by atoms with Gasteiger partial charge in [-0.05, 0) is 42.5 Å². The normalized spacial score (nSPS) is 9.81. The Balaban J connectivity index is 1.54. The van der Waals surface area contributed by atoms with Crippen LogP contribution in [0.4, 0.5) is 10.1 Å². The van der Waals surface area contributed by atoms with Gasteiger partial charge in [-0.2, -0.15) is 0 Å². The van der Waals surface area contributed by atoms with E-state index in [9.17, 15) is 9.18 Å². The van der Waals surface area contributed by atoms with Gasteiger partial charge in [0.2, 0.25) is 5.91 Å². The van der Waals surface area contributed by atoms with Gasteiger partial charge >= 0.3 is 0 Å². The number of carbonyl (C=O) groups is 1. The van der Waals surface area contributed by atoms with Crippen molar-refractivity contribution in [1.82, 2.24) is 0 Å². The zero-order chi connectivity index (χ0) is 18.9. The first-order chi connectivity index (χ1) is 13.2. The van der Waals surface area contributed by atoms with E-state index in [0.717, 1.165) is 11.1 Å². The van der Waals surface area contributed by atoms with Crippen LogP contribution < -0.4 is 10.1 Å². The van der Waals surface area contributed by atoms with Gasteiger partial charge in [0, 0.05) is 16.8 Å². The van der Waals surface area contributed by atoms with E-state index < -0.39 is 5.82 Å². The van der Waals surface area contributed by atoms with Crippen molar-refractivity contribution < 1.29 is 13.9 Å². The topological polar surface area (TPSA) is 38.3 Å². The van der Waals surface area contributed by atoms with Crippen molar-refractivity contribution in [3.63, 3.8) is 0 Å². The summed E-state index contributed by atoms with van der Waals surface area (Å²) in [6, 6.07) is 23.1. The smallest absolute Gasteiger partial charge is 0.227 e. The standard InChI is InChI=1S/C23H18FNO2/c24-21-11-4-5-12-22(21)27-16-15-23(26)25-20-10-6-9-19(17-20)14-13-18-7-2-1-3-8-18/h1-12,17H,15-16H2,(H,25,26). The highest BCUT2D eigenvalue weighted by Crippen LogP contribution is 2.16. The summed E-state index contributed by atoms with van der Waals surface area (Å²) in [7, 11) is 0. The lowest BCUT2D eigenvalue weighted by atomic mass is 10.1. The van der Waals surface area contributed by atoms with Crippen molar-refractivity contribution in [1.29, 1.82) is 0 Å². The molecular weight excluding hydrogens is 341 g/mol. The van der Waals surface area contributed by atoms with Crippen LogP contribution in [0.3, 0.4) is 0 Å². The molecule has 0 aliphatic carbocycles. The molecule has 3 nitrogen and oxygen atoms in total. The lowest BCUT2D eigenvalue weighted by Crippen LogP contribution is -2.15. The quantitative estimate of drug-likeness (QED) is 0.675. The van der Waals surface area contributed by atoms with E-state index >= 15 is 0 Å². The van der Waals surface area contributed by atoms with Gasteiger partial charge in [-0.1, -0.05) is 48.2 Å². The third kappa shape index (κ3) is 5.72. The molecule has 1 N–H and O–H groups in total. The summed E-state index contributed by atoms with van der Waals surface area (Å²) in [6.07, 6.45) is 0.119. The van der Waals surface area contributed by atoms with Crippen molar-refractivity contribution in [2.24, 2.45) is 0 Å². The Labute approximate surface area is 157 Å². The SMILES string of the molecule is O=C(CCOc1ccccc1F)Nc1cccc(C#Cc2ccccc2)c1. The number of hydrogen-bond donors (Lipinski definition) is 1. The Bertz CT molecular complexity index is 974. The van der Waals surface area contributed by atoms with E-state index in [1.807, 2.05) is 48.5 Å². The minimum atomic E-state index is -0.442. The highest BCUT2D eigenvalue weighted by atomic mass is 19.1. The van der Waals surface area contributed by atoms with Gasteiger partial charge in [0.05, 0.1) is 13.0 Å². The second-order valence-electron chi connectivity index (χ2n) is 5.77. The Kier molecular flexibility index (Phi) is 6.21. The van der Waals surface area contributed by atoms with E-state index in [1.54, 1.807) is 18.2 Å². The number of anilines is 1. The second-order valence-corrected chi connectivity index (χ2v) is 5.77. The number of para-hydroxylation sites is 1. The molecule has 4 heteroatoms. The number of benzene rings is 3. The highest BCUT2D eigenvalue weighted by molar-refractivity contribution is 5.90. The Morgan fingerprint density at radius 3 is 2.41 bits per heavy atom. The summed E-state index contributed by atoms with van der Waals surface area (Å²) < 4.78 is 18.8. The molecule has 3 aromatic carbocycles. The number of hydrogen-bond acceptors (Lipinski definition) is 2. The summed E-state index contributed by atoms with van der Waals surface area (Å²) in [6.45, 7) is 0.0975. The van der Waals surface area contributed by atoms with E-state index in [0.29, 0.717) is 5.69 Å². The van der Waals surface area contributed by atoms with Gasteiger partial charge in [0.15, 0.2) is 11.6 Å². The molecule has 3 aromatic rings. The van der Waals surface area contributed by atoms with Crippen LogP contribution in [0.2, 0.25) is 0 Å². The van der Waals surface area contributed by atoms with Crippen LogP contribution in [0, 0.1) is 17.7 Å². The van der Waals surface area contributed by atoms with Crippen LogP contribution >= 0.6 is 0 Å². The molecule has 27 heavy (non-hydrogen) atoms. The molecule has 0 fully saturated rings. The first-order valence-electron chi connectivity index (χ1n) is 8.55. The summed E-state index contributed by atoms with van der Waals surface area (Å²) in [5.74, 6) is 5.65. The fourth-order valence-corrected chi connectivity index (χ4v) is 2.38. The monoisotopic (exact) mass is 359 g/mol. The van der Waals surface area contributed by atoms with Gasteiger partial charge in [-0.3, -0.25) is 4.79 Å². The molecule has 3 rings (SSSR count). The van der Waals surface area contributed by atoms with E-state index in [2.05, 4.69) is 17.2 Å². The number of amides is 1. The third-order valence-corrected chi connectivity index (χ3v) is 3.69. The van der Waals surface area contributed by atoms with Crippen LogP contribution in [0.5, 0.6) is 5.75 Å². The third-order valence-electron chi connectivity index (χ3n) is 3.69. The Hall–Kier alpha value is -3.58. The zero-order valence-electron chi connectivity index (χ0n) is 14.6. The van der Waals surface area contributed by atoms with Gasteiger partial charge in [0.25, 0.3) is 0 Å². The van der Waals surface area contributed by atoms with Crippen molar-refractivity contribution >= 4 is 11.6 Å². The Morgan fingerprint density at radius 2 is 1.59 bits per heavy atom. The molecule has 0 atom stereocenters. The van der Waals surface area contributed by atoms with Gasteiger partial charge in [0.1, 0.15) is 0 Å². The highest BCUT2D eigenvalue weighted by Gasteiger charge is 2.05. The van der Waals surface area contributed by atoms with Crippen molar-refractivity contribution in [3.8, 4) is 17.6 Å². The van der Waals surface area contributed by atoms with Gasteiger partial charge in [-0.15, -0.1) is 0 Å². The molecule has 0 aromatic heterocycles. The average Bonchev–Trinajstić information content (AvgIpc) is 2.69. The van der Waals surface area contributed by atoms with Crippen LogP contribution in [-0.4, -0.2) is 12.5 Å². The lowest BCUT2D eigenvalue weighted by Gasteiger charge is -2.08. The van der Waals surface area contributed by atoms with Crippen LogP contribution in [-0.2, 0) is 4.79 Å². The van der Waals surface area contributed by atoms with Crippen LogP contribution in [0.1, 0.15) is 17.5 Å². The Morgan fingerprint density at radius 1 is 0.889 bits per heavy atom. The number of halogens is 1.